The summed E-state index contributed by atoms with van der Waals surface area (Å²) in [5.74, 6) is -3.44. The average Bonchev–Trinajstić information content (AvgIpc) is 3.11. The van der Waals surface area contributed by atoms with Gasteiger partial charge in [0, 0.05) is 17.7 Å². The maximum Gasteiger partial charge on any atom is 0.239 e. The molecule has 3 aliphatic heterocycles. The molecule has 1 unspecified atom stereocenters. The molecule has 0 amide bonds. The van der Waals surface area contributed by atoms with Crippen molar-refractivity contribution in [3.8, 4) is 40.1 Å². The van der Waals surface area contributed by atoms with Gasteiger partial charge in [0.05, 0.1) is 19.3 Å². The number of hydrogen-bond acceptors (Lipinski definition) is 20. The first-order valence-electron chi connectivity index (χ1n) is 15.9. The van der Waals surface area contributed by atoms with Gasteiger partial charge in [-0.3, -0.25) is 4.79 Å². The molecule has 0 saturated carbocycles. The number of aromatic hydroxyl groups is 3. The van der Waals surface area contributed by atoms with Crippen molar-refractivity contribution >= 4 is 11.0 Å². The highest BCUT2D eigenvalue weighted by Gasteiger charge is 2.49. The van der Waals surface area contributed by atoms with Gasteiger partial charge in [0.1, 0.15) is 77.4 Å². The summed E-state index contributed by atoms with van der Waals surface area (Å²) in [7, 11) is 0. The molecule has 0 aliphatic carbocycles. The number of aliphatic hydroxyl groups is 9. The lowest BCUT2D eigenvalue weighted by Crippen LogP contribution is -2.62. The summed E-state index contributed by atoms with van der Waals surface area (Å²) in [6, 6.07) is 5.27. The summed E-state index contributed by atoms with van der Waals surface area (Å²) < 4.78 is 39.5. The summed E-state index contributed by atoms with van der Waals surface area (Å²) in [4.78, 5) is 14.1. The SMILES string of the molecule is C[C@@H]1O[C@@H](O[C@H]2[C@H](Oc3c(-c4ccc(O)c(O)c4)oc4cc(OC5O[C@H](CO)[C@@H](O)[C@H](O)[C@H]5O)cc(O)c4c3=O)OC[C@H](O)[C@@H]2O)[C@H](O)[C@H](O)[C@H]1O. The second-order valence-corrected chi connectivity index (χ2v) is 12.6. The van der Waals surface area contributed by atoms with E-state index >= 15 is 0 Å². The molecule has 3 fully saturated rings. The van der Waals surface area contributed by atoms with Crippen LogP contribution in [0.4, 0.5) is 0 Å². The van der Waals surface area contributed by atoms with Gasteiger partial charge in [0.25, 0.3) is 0 Å². The van der Waals surface area contributed by atoms with Gasteiger partial charge in [-0.25, -0.2) is 0 Å². The van der Waals surface area contributed by atoms with Crippen LogP contribution in [0.25, 0.3) is 22.3 Å². The first kappa shape index (κ1) is 37.9. The molecule has 286 valence electrons. The molecule has 6 rings (SSSR count). The van der Waals surface area contributed by atoms with E-state index in [2.05, 4.69) is 0 Å². The van der Waals surface area contributed by atoms with E-state index in [9.17, 15) is 66.1 Å². The number of benzene rings is 2. The predicted molar refractivity (Wildman–Crippen MR) is 167 cm³/mol. The summed E-state index contributed by atoms with van der Waals surface area (Å²) in [5, 5.41) is 123. The molecule has 2 aromatic carbocycles. The number of hydrogen-bond donors (Lipinski definition) is 12. The normalized spacial score (nSPS) is 36.8. The van der Waals surface area contributed by atoms with Gasteiger partial charge in [-0.1, -0.05) is 0 Å². The standard InChI is InChI=1S/C32H38O20/c1-9-19(38)23(42)25(44)30(47-9)52-29-20(39)15(37)8-46-32(29)51-28-22(41)18-14(36)5-11(48-31-26(45)24(43)21(40)17(7-33)50-31)6-16(18)49-27(28)10-2-3-12(34)13(35)4-10/h2-6,9,15,17,19-21,23-26,29-40,42-45H,7-8H2,1H3/t9-,15-,17+,19-,20-,21+,23+,24-,25+,26+,29+,30-,31?,32-/m0/s1. The van der Waals surface area contributed by atoms with Crippen molar-refractivity contribution in [1.29, 1.82) is 0 Å². The van der Waals surface area contributed by atoms with Crippen LogP contribution in [0.3, 0.4) is 0 Å². The Morgan fingerprint density at radius 2 is 1.42 bits per heavy atom. The lowest BCUT2D eigenvalue weighted by molar-refractivity contribution is -0.344. The Labute approximate surface area is 292 Å². The summed E-state index contributed by atoms with van der Waals surface area (Å²) in [6.45, 7) is 0.0637. The van der Waals surface area contributed by atoms with Gasteiger partial charge in [-0.2, -0.15) is 0 Å². The number of aliphatic hydroxyl groups excluding tert-OH is 9. The van der Waals surface area contributed by atoms with Crippen molar-refractivity contribution in [3.05, 3.63) is 40.6 Å². The topological polar surface area (TPSA) is 328 Å². The zero-order valence-corrected chi connectivity index (χ0v) is 27.0. The number of rotatable bonds is 8. The van der Waals surface area contributed by atoms with Gasteiger partial charge in [0.2, 0.25) is 23.8 Å². The van der Waals surface area contributed by atoms with Crippen LogP contribution in [0.15, 0.2) is 39.5 Å². The molecular weight excluding hydrogens is 704 g/mol. The maximum atomic E-state index is 14.1. The first-order chi connectivity index (χ1) is 24.6. The van der Waals surface area contributed by atoms with Crippen molar-refractivity contribution in [1.82, 2.24) is 0 Å². The van der Waals surface area contributed by atoms with E-state index in [1.54, 1.807) is 0 Å². The lowest BCUT2D eigenvalue weighted by atomic mass is 9.99. The van der Waals surface area contributed by atoms with Crippen LogP contribution in [0, 0.1) is 0 Å². The fourth-order valence-corrected chi connectivity index (χ4v) is 6.00. The van der Waals surface area contributed by atoms with Crippen molar-refractivity contribution < 1.29 is 94.1 Å². The third-order valence-corrected chi connectivity index (χ3v) is 9.01. The third kappa shape index (κ3) is 6.97. The van der Waals surface area contributed by atoms with Crippen LogP contribution in [0.5, 0.6) is 28.7 Å². The second kappa shape index (κ2) is 14.9. The number of fused-ring (bicyclic) bond motifs is 1. The van der Waals surface area contributed by atoms with Crippen molar-refractivity contribution in [2.45, 2.75) is 92.9 Å². The fourth-order valence-electron chi connectivity index (χ4n) is 6.00. The van der Waals surface area contributed by atoms with Gasteiger partial charge in [0.15, 0.2) is 29.7 Å². The Morgan fingerprint density at radius 1 is 0.731 bits per heavy atom. The van der Waals surface area contributed by atoms with Crippen LogP contribution in [-0.2, 0) is 18.9 Å². The van der Waals surface area contributed by atoms with E-state index in [1.165, 1.54) is 13.0 Å². The molecule has 4 heterocycles. The molecule has 52 heavy (non-hydrogen) atoms. The summed E-state index contributed by atoms with van der Waals surface area (Å²) in [5.41, 5.74) is -1.55. The molecule has 3 aliphatic rings. The summed E-state index contributed by atoms with van der Waals surface area (Å²) in [6.07, 6.45) is -23.1. The number of phenolic OH excluding ortho intramolecular Hbond substituents is 3. The molecule has 0 bridgehead atoms. The Morgan fingerprint density at radius 3 is 2.12 bits per heavy atom. The molecule has 20 heteroatoms. The van der Waals surface area contributed by atoms with Gasteiger partial charge in [-0.05, 0) is 25.1 Å². The van der Waals surface area contributed by atoms with Gasteiger partial charge >= 0.3 is 0 Å². The highest BCUT2D eigenvalue weighted by molar-refractivity contribution is 5.88. The van der Waals surface area contributed by atoms with Crippen LogP contribution < -0.4 is 14.9 Å². The molecule has 20 nitrogen and oxygen atoms in total. The second-order valence-electron chi connectivity index (χ2n) is 12.6. The molecule has 12 N–H and O–H groups in total. The molecular formula is C32H38O20. The highest BCUT2D eigenvalue weighted by Crippen LogP contribution is 2.40. The lowest BCUT2D eigenvalue weighted by Gasteiger charge is -2.43. The van der Waals surface area contributed by atoms with E-state index in [4.69, 9.17) is 32.8 Å². The third-order valence-electron chi connectivity index (χ3n) is 9.01. The fraction of sp³-hybridized carbons (Fsp3) is 0.531. The van der Waals surface area contributed by atoms with Crippen LogP contribution in [0.1, 0.15) is 6.92 Å². The smallest absolute Gasteiger partial charge is 0.239 e. The largest absolute Gasteiger partial charge is 0.507 e. The maximum absolute atomic E-state index is 14.1. The highest BCUT2D eigenvalue weighted by atomic mass is 16.8. The van der Waals surface area contributed by atoms with Gasteiger partial charge < -0.3 is 94.1 Å². The zero-order chi connectivity index (χ0) is 37.8. The summed E-state index contributed by atoms with van der Waals surface area (Å²) >= 11 is 0. The van der Waals surface area contributed by atoms with Crippen molar-refractivity contribution in [2.24, 2.45) is 0 Å². The van der Waals surface area contributed by atoms with Crippen LogP contribution in [0.2, 0.25) is 0 Å². The Balaban J connectivity index is 1.40. The minimum atomic E-state index is -1.85. The van der Waals surface area contributed by atoms with E-state index in [0.717, 1.165) is 24.3 Å². The first-order valence-corrected chi connectivity index (χ1v) is 15.9. The number of ether oxygens (including phenoxy) is 6. The average molecular weight is 743 g/mol. The molecule has 14 atom stereocenters. The molecule has 1 aromatic heterocycles. The van der Waals surface area contributed by atoms with Crippen LogP contribution >= 0.6 is 0 Å². The molecule has 3 saturated heterocycles. The quantitative estimate of drug-likeness (QED) is 0.0993. The van der Waals surface area contributed by atoms with E-state index in [0.29, 0.717) is 0 Å². The van der Waals surface area contributed by atoms with Crippen LogP contribution in [-0.4, -0.2) is 161 Å². The minimum absolute atomic E-state index is 0.0881. The van der Waals surface area contributed by atoms with E-state index in [-0.39, 0.29) is 16.9 Å². The van der Waals surface area contributed by atoms with Gasteiger partial charge in [-0.15, -0.1) is 0 Å². The molecule has 3 aromatic rings. The molecule has 0 spiro atoms. The zero-order valence-electron chi connectivity index (χ0n) is 27.0. The Bertz CT molecular complexity index is 1800. The van der Waals surface area contributed by atoms with E-state index < -0.39 is 139 Å². The van der Waals surface area contributed by atoms with E-state index in [1.807, 2.05) is 0 Å². The monoisotopic (exact) mass is 742 g/mol. The predicted octanol–water partition coefficient (Wildman–Crippen LogP) is -3.57. The Kier molecular flexibility index (Phi) is 10.8. The van der Waals surface area contributed by atoms with Crippen molar-refractivity contribution in [2.75, 3.05) is 13.2 Å². The van der Waals surface area contributed by atoms with Crippen molar-refractivity contribution in [3.63, 3.8) is 0 Å². The minimum Gasteiger partial charge on any atom is -0.507 e. The Hall–Kier alpha value is -3.87. The molecule has 0 radical (unpaired) electrons. The number of phenols is 3.